The number of carbonyl (C=O) groups excluding carboxylic acids is 1. The largest absolute Gasteiger partial charge is 0.480 e. The van der Waals surface area contributed by atoms with Crippen molar-refractivity contribution in [2.24, 2.45) is 5.41 Å². The first kappa shape index (κ1) is 23.2. The Labute approximate surface area is 191 Å². The maximum absolute atomic E-state index is 13.3. The quantitative estimate of drug-likeness (QED) is 0.373. The summed E-state index contributed by atoms with van der Waals surface area (Å²) in [6.07, 6.45) is -5.80. The van der Waals surface area contributed by atoms with Crippen LogP contribution in [0.5, 0.6) is 5.75 Å². The molecule has 0 spiro atoms. The standard InChI is InChI=1S/C23H18F4N4O3/c1-22(2)12-31(11-18-29-30-20(34-18)13-4-6-14(24)7-5-13)21(32)19(22)33-15-8-9-17(28-3)16(10-15)23(25,26)27/h4-10,19H,11-12H2,1-2H3. The number of nitrogens with zero attached hydrogens (tertiary/aromatic N) is 4. The zero-order valence-corrected chi connectivity index (χ0v) is 18.1. The third-order valence-corrected chi connectivity index (χ3v) is 5.38. The van der Waals surface area contributed by atoms with Gasteiger partial charge in [0.05, 0.1) is 18.7 Å². The molecule has 1 unspecified atom stereocenters. The predicted molar refractivity (Wildman–Crippen MR) is 111 cm³/mol. The van der Waals surface area contributed by atoms with Gasteiger partial charge in [0.1, 0.15) is 11.6 Å². The summed E-state index contributed by atoms with van der Waals surface area (Å²) in [5, 5.41) is 7.85. The molecule has 1 aliphatic rings. The molecule has 1 aromatic heterocycles. The van der Waals surface area contributed by atoms with Crippen LogP contribution in [0.25, 0.3) is 16.3 Å². The van der Waals surface area contributed by atoms with Crippen molar-refractivity contribution in [2.45, 2.75) is 32.7 Å². The lowest BCUT2D eigenvalue weighted by atomic mass is 9.89. The van der Waals surface area contributed by atoms with E-state index in [-0.39, 0.29) is 30.6 Å². The molecule has 0 saturated carbocycles. The lowest BCUT2D eigenvalue weighted by Crippen LogP contribution is -2.36. The van der Waals surface area contributed by atoms with Crippen molar-refractivity contribution in [3.63, 3.8) is 0 Å². The molecule has 0 radical (unpaired) electrons. The van der Waals surface area contributed by atoms with Gasteiger partial charge in [0.25, 0.3) is 5.91 Å². The summed E-state index contributed by atoms with van der Waals surface area (Å²) in [5.74, 6) is -0.720. The molecule has 7 nitrogen and oxygen atoms in total. The van der Waals surface area contributed by atoms with E-state index < -0.39 is 40.7 Å². The Morgan fingerprint density at radius 2 is 1.91 bits per heavy atom. The molecule has 11 heteroatoms. The van der Waals surface area contributed by atoms with E-state index in [9.17, 15) is 22.4 Å². The monoisotopic (exact) mass is 474 g/mol. The Balaban J connectivity index is 1.51. The van der Waals surface area contributed by atoms with E-state index in [2.05, 4.69) is 15.0 Å². The highest BCUT2D eigenvalue weighted by atomic mass is 19.4. The number of benzene rings is 2. The van der Waals surface area contributed by atoms with Crippen molar-refractivity contribution in [1.82, 2.24) is 15.1 Å². The molecule has 4 rings (SSSR count). The lowest BCUT2D eigenvalue weighted by Gasteiger charge is -2.24. The molecule has 176 valence electrons. The van der Waals surface area contributed by atoms with Gasteiger partial charge in [-0.3, -0.25) is 4.79 Å². The molecule has 1 atom stereocenters. The summed E-state index contributed by atoms with van der Waals surface area (Å²) in [5.41, 5.74) is -1.91. The highest BCUT2D eigenvalue weighted by Crippen LogP contribution is 2.40. The predicted octanol–water partition coefficient (Wildman–Crippen LogP) is 5.26. The van der Waals surface area contributed by atoms with Crippen molar-refractivity contribution in [3.05, 3.63) is 71.2 Å². The summed E-state index contributed by atoms with van der Waals surface area (Å²) in [4.78, 5) is 17.4. The average Bonchev–Trinajstić information content (AvgIpc) is 3.32. The van der Waals surface area contributed by atoms with Gasteiger partial charge in [-0.25, -0.2) is 9.24 Å². The topological polar surface area (TPSA) is 72.8 Å². The summed E-state index contributed by atoms with van der Waals surface area (Å²) in [6.45, 7) is 10.7. The molecule has 34 heavy (non-hydrogen) atoms. The van der Waals surface area contributed by atoms with Gasteiger partial charge in [-0.05, 0) is 36.4 Å². The van der Waals surface area contributed by atoms with Crippen LogP contribution in [0.2, 0.25) is 0 Å². The number of rotatable bonds is 5. The maximum Gasteiger partial charge on any atom is 0.407 e. The maximum atomic E-state index is 13.3. The first-order chi connectivity index (χ1) is 16.0. The molecule has 1 amide bonds. The summed E-state index contributed by atoms with van der Waals surface area (Å²) in [6, 6.07) is 8.45. The second kappa shape index (κ2) is 8.44. The number of aromatic nitrogens is 2. The van der Waals surface area contributed by atoms with Gasteiger partial charge in [0.15, 0.2) is 11.8 Å². The Morgan fingerprint density at radius 3 is 2.56 bits per heavy atom. The van der Waals surface area contributed by atoms with Gasteiger partial charge in [0, 0.05) is 17.5 Å². The van der Waals surface area contributed by atoms with Crippen molar-refractivity contribution in [3.8, 4) is 17.2 Å². The summed E-state index contributed by atoms with van der Waals surface area (Å²) >= 11 is 0. The molecule has 1 fully saturated rings. The first-order valence-corrected chi connectivity index (χ1v) is 10.1. The third kappa shape index (κ3) is 4.57. The second-order valence-electron chi connectivity index (χ2n) is 8.48. The van der Waals surface area contributed by atoms with E-state index in [1.165, 1.54) is 35.2 Å². The van der Waals surface area contributed by atoms with Gasteiger partial charge < -0.3 is 14.1 Å². The zero-order valence-electron chi connectivity index (χ0n) is 18.1. The Kier molecular flexibility index (Phi) is 5.77. The van der Waals surface area contributed by atoms with Crippen molar-refractivity contribution in [2.75, 3.05) is 6.54 Å². The van der Waals surface area contributed by atoms with Crippen LogP contribution in [0.3, 0.4) is 0 Å². The van der Waals surface area contributed by atoms with Crippen LogP contribution in [0.1, 0.15) is 25.3 Å². The van der Waals surface area contributed by atoms with Gasteiger partial charge in [0.2, 0.25) is 11.8 Å². The van der Waals surface area contributed by atoms with E-state index in [1.54, 1.807) is 13.8 Å². The highest BCUT2D eigenvalue weighted by Gasteiger charge is 2.48. The smallest absolute Gasteiger partial charge is 0.407 e. The minimum atomic E-state index is -4.74. The number of hydrogen-bond donors (Lipinski definition) is 0. The van der Waals surface area contributed by atoms with Crippen molar-refractivity contribution in [1.29, 1.82) is 0 Å². The number of hydrogen-bond acceptors (Lipinski definition) is 5. The fourth-order valence-corrected chi connectivity index (χ4v) is 3.74. The van der Waals surface area contributed by atoms with Crippen molar-refractivity contribution < 1.29 is 31.5 Å². The van der Waals surface area contributed by atoms with Gasteiger partial charge >= 0.3 is 6.18 Å². The van der Waals surface area contributed by atoms with Crippen molar-refractivity contribution >= 4 is 11.6 Å². The number of alkyl halides is 3. The van der Waals surface area contributed by atoms with Crippen LogP contribution in [-0.4, -0.2) is 33.7 Å². The minimum absolute atomic E-state index is 0.0270. The Morgan fingerprint density at radius 1 is 1.21 bits per heavy atom. The van der Waals surface area contributed by atoms with Crippen LogP contribution in [0.4, 0.5) is 23.2 Å². The van der Waals surface area contributed by atoms with Gasteiger partial charge in [-0.15, -0.1) is 10.2 Å². The number of ether oxygens (including phenoxy) is 1. The molecule has 0 bridgehead atoms. The van der Waals surface area contributed by atoms with E-state index in [0.29, 0.717) is 5.56 Å². The Bertz CT molecular complexity index is 1260. The number of halogens is 4. The zero-order chi connectivity index (χ0) is 24.7. The minimum Gasteiger partial charge on any atom is -0.480 e. The molecule has 2 aromatic carbocycles. The number of carbonyl (C=O) groups is 1. The normalized spacial score (nSPS) is 17.6. The lowest BCUT2D eigenvalue weighted by molar-refractivity contribution is -0.137. The second-order valence-corrected chi connectivity index (χ2v) is 8.48. The molecule has 2 heterocycles. The fourth-order valence-electron chi connectivity index (χ4n) is 3.74. The summed E-state index contributed by atoms with van der Waals surface area (Å²) < 4.78 is 64.3. The summed E-state index contributed by atoms with van der Waals surface area (Å²) in [7, 11) is 0. The van der Waals surface area contributed by atoms with Gasteiger partial charge in [-0.2, -0.15) is 13.2 Å². The fraction of sp³-hybridized carbons (Fsp3) is 0.304. The molecular formula is C23H18F4N4O3. The SMILES string of the molecule is [C-]#[N+]c1ccc(OC2C(=O)N(Cc3nnc(-c4ccc(F)cc4)o3)CC2(C)C)cc1C(F)(F)F. The van der Waals surface area contributed by atoms with E-state index in [0.717, 1.165) is 12.1 Å². The first-order valence-electron chi connectivity index (χ1n) is 10.1. The molecule has 0 aliphatic carbocycles. The number of amides is 1. The van der Waals surface area contributed by atoms with Crippen LogP contribution < -0.4 is 4.74 Å². The molecule has 1 aliphatic heterocycles. The molecular weight excluding hydrogens is 456 g/mol. The highest BCUT2D eigenvalue weighted by molar-refractivity contribution is 5.84. The van der Waals surface area contributed by atoms with Crippen LogP contribution in [0, 0.1) is 17.8 Å². The average molecular weight is 474 g/mol. The van der Waals surface area contributed by atoms with Crippen LogP contribution in [-0.2, 0) is 17.5 Å². The van der Waals surface area contributed by atoms with Gasteiger partial charge in [-0.1, -0.05) is 19.9 Å². The Hall–Kier alpha value is -3.94. The molecule has 0 N–H and O–H groups in total. The van der Waals surface area contributed by atoms with Crippen LogP contribution >= 0.6 is 0 Å². The third-order valence-electron chi connectivity index (χ3n) is 5.38. The number of likely N-dealkylation sites (tertiary alicyclic amines) is 1. The molecule has 1 saturated heterocycles. The van der Waals surface area contributed by atoms with Crippen LogP contribution in [0.15, 0.2) is 46.9 Å². The molecule has 3 aromatic rings. The van der Waals surface area contributed by atoms with E-state index in [4.69, 9.17) is 15.7 Å². The van der Waals surface area contributed by atoms with E-state index >= 15 is 0 Å². The van der Waals surface area contributed by atoms with E-state index in [1.807, 2.05) is 0 Å².